The molecule has 0 atom stereocenters. The second kappa shape index (κ2) is 7.26. The molecule has 0 unspecified atom stereocenters. The summed E-state index contributed by atoms with van der Waals surface area (Å²) in [6, 6.07) is 9.56. The molecule has 0 saturated heterocycles. The van der Waals surface area contributed by atoms with Crippen LogP contribution in [0.4, 0.5) is 4.39 Å². The maximum atomic E-state index is 12.8. The van der Waals surface area contributed by atoms with Crippen LogP contribution in [0.5, 0.6) is 11.5 Å². The number of hydrogen-bond donors (Lipinski definition) is 2. The van der Waals surface area contributed by atoms with E-state index in [-0.39, 0.29) is 11.1 Å². The van der Waals surface area contributed by atoms with Gasteiger partial charge in [-0.05, 0) is 36.4 Å². The maximum absolute atomic E-state index is 12.8. The maximum Gasteiger partial charge on any atom is 0.269 e. The van der Waals surface area contributed by atoms with Gasteiger partial charge < -0.3 is 9.47 Å². The summed E-state index contributed by atoms with van der Waals surface area (Å²) < 4.78 is 22.9. The zero-order chi connectivity index (χ0) is 16.8. The van der Waals surface area contributed by atoms with E-state index in [4.69, 9.17) is 9.47 Å². The Morgan fingerprint density at radius 1 is 0.826 bits per heavy atom. The largest absolute Gasteiger partial charge is 0.497 e. The Labute approximate surface area is 132 Å². The van der Waals surface area contributed by atoms with Crippen molar-refractivity contribution in [3.63, 3.8) is 0 Å². The molecule has 7 heteroatoms. The Morgan fingerprint density at radius 3 is 1.78 bits per heavy atom. The third kappa shape index (κ3) is 4.19. The zero-order valence-electron chi connectivity index (χ0n) is 12.6. The van der Waals surface area contributed by atoms with Crippen LogP contribution in [-0.4, -0.2) is 26.0 Å². The Balaban J connectivity index is 2.04. The third-order valence-electron chi connectivity index (χ3n) is 3.01. The van der Waals surface area contributed by atoms with E-state index in [1.54, 1.807) is 6.07 Å². The van der Waals surface area contributed by atoms with Gasteiger partial charge in [-0.25, -0.2) is 4.39 Å². The molecule has 0 spiro atoms. The van der Waals surface area contributed by atoms with Crippen molar-refractivity contribution >= 4 is 11.8 Å². The summed E-state index contributed by atoms with van der Waals surface area (Å²) in [5, 5.41) is 0. The highest BCUT2D eigenvalue weighted by Crippen LogP contribution is 2.22. The summed E-state index contributed by atoms with van der Waals surface area (Å²) in [5.74, 6) is -0.668. The number of amides is 2. The number of nitrogens with one attached hydrogen (secondary N) is 2. The van der Waals surface area contributed by atoms with E-state index in [9.17, 15) is 14.0 Å². The van der Waals surface area contributed by atoms with E-state index in [0.29, 0.717) is 11.5 Å². The molecule has 2 aromatic carbocycles. The number of halogens is 1. The van der Waals surface area contributed by atoms with Crippen LogP contribution in [0.1, 0.15) is 20.7 Å². The van der Waals surface area contributed by atoms with E-state index < -0.39 is 17.6 Å². The van der Waals surface area contributed by atoms with E-state index >= 15 is 0 Å². The second-order valence-corrected chi connectivity index (χ2v) is 4.52. The number of ether oxygens (including phenoxy) is 2. The Kier molecular flexibility index (Phi) is 5.14. The lowest BCUT2D eigenvalue weighted by Gasteiger charge is -2.10. The molecule has 2 amide bonds. The van der Waals surface area contributed by atoms with Gasteiger partial charge >= 0.3 is 0 Å². The summed E-state index contributed by atoms with van der Waals surface area (Å²) in [4.78, 5) is 23.9. The molecule has 0 saturated carbocycles. The molecule has 0 aromatic heterocycles. The number of hydrazine groups is 1. The van der Waals surface area contributed by atoms with Crippen molar-refractivity contribution in [3.05, 3.63) is 59.4 Å². The number of rotatable bonds is 4. The lowest BCUT2D eigenvalue weighted by Crippen LogP contribution is -2.41. The summed E-state index contributed by atoms with van der Waals surface area (Å²) in [6.07, 6.45) is 0. The molecule has 2 aromatic rings. The number of benzene rings is 2. The molecule has 120 valence electrons. The van der Waals surface area contributed by atoms with Crippen molar-refractivity contribution in [2.24, 2.45) is 0 Å². The van der Waals surface area contributed by atoms with Gasteiger partial charge in [0.1, 0.15) is 17.3 Å². The van der Waals surface area contributed by atoms with Gasteiger partial charge in [0.25, 0.3) is 11.8 Å². The van der Waals surface area contributed by atoms with Gasteiger partial charge in [0.05, 0.1) is 14.2 Å². The molecule has 0 aliphatic rings. The third-order valence-corrected chi connectivity index (χ3v) is 3.01. The van der Waals surface area contributed by atoms with Gasteiger partial charge in [-0.2, -0.15) is 0 Å². The topological polar surface area (TPSA) is 76.7 Å². The molecule has 6 nitrogen and oxygen atoms in total. The SMILES string of the molecule is COc1cc(OC)cc(C(=O)NNC(=O)c2ccc(F)cc2)c1. The zero-order valence-corrected chi connectivity index (χ0v) is 12.6. The normalized spacial score (nSPS) is 9.87. The van der Waals surface area contributed by atoms with E-state index in [1.807, 2.05) is 0 Å². The Morgan fingerprint density at radius 2 is 1.30 bits per heavy atom. The molecule has 0 fully saturated rings. The molecular weight excluding hydrogens is 303 g/mol. The standard InChI is InChI=1S/C16H15FN2O4/c1-22-13-7-11(8-14(9-13)23-2)16(21)19-18-15(20)10-3-5-12(17)6-4-10/h3-9H,1-2H3,(H,18,20)(H,19,21). The van der Waals surface area contributed by atoms with Gasteiger partial charge in [-0.1, -0.05) is 0 Å². The second-order valence-electron chi connectivity index (χ2n) is 4.52. The molecule has 2 rings (SSSR count). The highest BCUT2D eigenvalue weighted by Gasteiger charge is 2.12. The molecule has 0 aliphatic carbocycles. The smallest absolute Gasteiger partial charge is 0.269 e. The number of carbonyl (C=O) groups is 2. The molecule has 0 radical (unpaired) electrons. The van der Waals surface area contributed by atoms with Crippen LogP contribution >= 0.6 is 0 Å². The van der Waals surface area contributed by atoms with Crippen molar-refractivity contribution in [2.75, 3.05) is 14.2 Å². The fourth-order valence-electron chi connectivity index (χ4n) is 1.80. The first kappa shape index (κ1) is 16.3. The van der Waals surface area contributed by atoms with Crippen molar-refractivity contribution < 1.29 is 23.5 Å². The fraction of sp³-hybridized carbons (Fsp3) is 0.125. The highest BCUT2D eigenvalue weighted by molar-refractivity contribution is 5.99. The lowest BCUT2D eigenvalue weighted by atomic mass is 10.2. The molecule has 23 heavy (non-hydrogen) atoms. The van der Waals surface area contributed by atoms with Gasteiger partial charge in [0.15, 0.2) is 0 Å². The predicted molar refractivity (Wildman–Crippen MR) is 80.9 cm³/mol. The number of carbonyl (C=O) groups excluding carboxylic acids is 2. The van der Waals surface area contributed by atoms with Crippen molar-refractivity contribution in [2.45, 2.75) is 0 Å². The van der Waals surface area contributed by atoms with Crippen molar-refractivity contribution in [1.82, 2.24) is 10.9 Å². The number of methoxy groups -OCH3 is 2. The van der Waals surface area contributed by atoms with Crippen LogP contribution < -0.4 is 20.3 Å². The average Bonchev–Trinajstić information content (AvgIpc) is 2.59. The highest BCUT2D eigenvalue weighted by atomic mass is 19.1. The average molecular weight is 318 g/mol. The lowest BCUT2D eigenvalue weighted by molar-refractivity contribution is 0.0846. The summed E-state index contributed by atoms with van der Waals surface area (Å²) in [6.45, 7) is 0. The molecule has 0 aliphatic heterocycles. The van der Waals surface area contributed by atoms with Crippen LogP contribution in [-0.2, 0) is 0 Å². The van der Waals surface area contributed by atoms with Crippen LogP contribution in [0.15, 0.2) is 42.5 Å². The van der Waals surface area contributed by atoms with Crippen molar-refractivity contribution in [3.8, 4) is 11.5 Å². The first-order valence-electron chi connectivity index (χ1n) is 6.63. The Hall–Kier alpha value is -3.09. The summed E-state index contributed by atoms with van der Waals surface area (Å²) in [5.41, 5.74) is 4.99. The summed E-state index contributed by atoms with van der Waals surface area (Å²) in [7, 11) is 2.93. The van der Waals surface area contributed by atoms with Gasteiger partial charge in [0.2, 0.25) is 0 Å². The van der Waals surface area contributed by atoms with Gasteiger partial charge in [-0.3, -0.25) is 20.4 Å². The van der Waals surface area contributed by atoms with E-state index in [2.05, 4.69) is 10.9 Å². The minimum atomic E-state index is -0.562. The van der Waals surface area contributed by atoms with Crippen LogP contribution in [0, 0.1) is 5.82 Å². The first-order chi connectivity index (χ1) is 11.0. The van der Waals surface area contributed by atoms with Crippen molar-refractivity contribution in [1.29, 1.82) is 0 Å². The van der Waals surface area contributed by atoms with Gasteiger partial charge in [0, 0.05) is 17.2 Å². The minimum absolute atomic E-state index is 0.218. The van der Waals surface area contributed by atoms with Crippen LogP contribution in [0.25, 0.3) is 0 Å². The first-order valence-corrected chi connectivity index (χ1v) is 6.63. The van der Waals surface area contributed by atoms with Gasteiger partial charge in [-0.15, -0.1) is 0 Å². The predicted octanol–water partition coefficient (Wildman–Crippen LogP) is 1.92. The van der Waals surface area contributed by atoms with E-state index in [0.717, 1.165) is 12.1 Å². The molecule has 0 heterocycles. The quantitative estimate of drug-likeness (QED) is 0.845. The number of hydrogen-bond acceptors (Lipinski definition) is 4. The van der Waals surface area contributed by atoms with E-state index in [1.165, 1.54) is 38.5 Å². The fourth-order valence-corrected chi connectivity index (χ4v) is 1.80. The minimum Gasteiger partial charge on any atom is -0.497 e. The Bertz CT molecular complexity index is 694. The van der Waals surface area contributed by atoms with Crippen LogP contribution in [0.3, 0.4) is 0 Å². The van der Waals surface area contributed by atoms with Crippen LogP contribution in [0.2, 0.25) is 0 Å². The molecule has 2 N–H and O–H groups in total. The molecular formula is C16H15FN2O4. The monoisotopic (exact) mass is 318 g/mol. The summed E-state index contributed by atoms with van der Waals surface area (Å²) >= 11 is 0. The molecule has 0 bridgehead atoms.